The van der Waals surface area contributed by atoms with E-state index in [-0.39, 0.29) is 6.03 Å². The van der Waals surface area contributed by atoms with Crippen LogP contribution in [0.1, 0.15) is 37.7 Å². The van der Waals surface area contributed by atoms with Gasteiger partial charge >= 0.3 is 6.03 Å². The number of urea groups is 1. The van der Waals surface area contributed by atoms with Gasteiger partial charge in [0.1, 0.15) is 0 Å². The van der Waals surface area contributed by atoms with E-state index in [1.165, 1.54) is 36.9 Å². The van der Waals surface area contributed by atoms with Gasteiger partial charge < -0.3 is 15.1 Å². The monoisotopic (exact) mass is 342 g/mol. The van der Waals surface area contributed by atoms with Crippen LogP contribution in [0.3, 0.4) is 0 Å². The lowest BCUT2D eigenvalue weighted by atomic mass is 10.1. The Balaban J connectivity index is 1.36. The van der Waals surface area contributed by atoms with Crippen LogP contribution in [-0.4, -0.2) is 61.6 Å². The van der Waals surface area contributed by atoms with Gasteiger partial charge in [0.25, 0.3) is 0 Å². The van der Waals surface area contributed by atoms with E-state index >= 15 is 0 Å². The molecule has 5 heteroatoms. The number of hydrogen-bond donors (Lipinski definition) is 1. The van der Waals surface area contributed by atoms with E-state index in [4.69, 9.17) is 0 Å². The summed E-state index contributed by atoms with van der Waals surface area (Å²) in [6, 6.07) is 7.12. The molecule has 0 unspecified atom stereocenters. The number of rotatable bonds is 2. The van der Waals surface area contributed by atoms with Crippen LogP contribution in [0, 0.1) is 0 Å². The fourth-order valence-corrected chi connectivity index (χ4v) is 4.59. The zero-order chi connectivity index (χ0) is 17.2. The van der Waals surface area contributed by atoms with E-state index in [9.17, 15) is 4.79 Å². The second-order valence-electron chi connectivity index (χ2n) is 7.76. The van der Waals surface area contributed by atoms with Crippen LogP contribution in [0.5, 0.6) is 0 Å². The molecule has 0 aromatic heterocycles. The molecule has 136 valence electrons. The number of carbonyl (C=O) groups is 1. The first-order valence-electron chi connectivity index (χ1n) is 9.85. The van der Waals surface area contributed by atoms with Crippen molar-refractivity contribution in [3.05, 3.63) is 23.8 Å². The van der Waals surface area contributed by atoms with Crippen LogP contribution in [-0.2, 0) is 6.42 Å². The highest BCUT2D eigenvalue weighted by atomic mass is 16.2. The van der Waals surface area contributed by atoms with Gasteiger partial charge in [0, 0.05) is 57.2 Å². The Labute approximate surface area is 151 Å². The lowest BCUT2D eigenvalue weighted by molar-refractivity contribution is 0.195. The van der Waals surface area contributed by atoms with Crippen LogP contribution >= 0.6 is 0 Å². The van der Waals surface area contributed by atoms with E-state index in [1.54, 1.807) is 0 Å². The Hall–Kier alpha value is -1.75. The third-order valence-electron chi connectivity index (χ3n) is 6.12. The number of anilines is 2. The van der Waals surface area contributed by atoms with Crippen LogP contribution in [0.15, 0.2) is 18.2 Å². The molecule has 1 saturated heterocycles. The summed E-state index contributed by atoms with van der Waals surface area (Å²) in [5.41, 5.74) is 3.54. The lowest BCUT2D eigenvalue weighted by Gasteiger charge is -2.27. The molecule has 2 amide bonds. The first-order chi connectivity index (χ1) is 12.2. The molecule has 1 saturated carbocycles. The first kappa shape index (κ1) is 16.7. The number of carbonyl (C=O) groups excluding carboxylic acids is 1. The molecule has 2 heterocycles. The molecule has 1 N–H and O–H groups in total. The van der Waals surface area contributed by atoms with E-state index in [0.29, 0.717) is 0 Å². The highest BCUT2D eigenvalue weighted by Crippen LogP contribution is 2.30. The summed E-state index contributed by atoms with van der Waals surface area (Å²) in [5.74, 6) is 0. The average Bonchev–Trinajstić information content (AvgIpc) is 3.20. The number of fused-ring (bicyclic) bond motifs is 1. The van der Waals surface area contributed by atoms with Crippen molar-refractivity contribution in [3.63, 3.8) is 0 Å². The summed E-state index contributed by atoms with van der Waals surface area (Å²) in [4.78, 5) is 19.6. The predicted octanol–water partition coefficient (Wildman–Crippen LogP) is 3.16. The Morgan fingerprint density at radius 3 is 2.72 bits per heavy atom. The maximum absolute atomic E-state index is 12.7. The fraction of sp³-hybridized carbons (Fsp3) is 0.650. The predicted molar refractivity (Wildman–Crippen MR) is 102 cm³/mol. The minimum absolute atomic E-state index is 0.0499. The van der Waals surface area contributed by atoms with Gasteiger partial charge in [-0.15, -0.1) is 0 Å². The van der Waals surface area contributed by atoms with Crippen LogP contribution in [0.4, 0.5) is 16.2 Å². The SMILES string of the molecule is CN1CCc2ccc(NC(=O)N3CCCN(C4CCCC4)CC3)cc21. The van der Waals surface area contributed by atoms with E-state index < -0.39 is 0 Å². The topological polar surface area (TPSA) is 38.8 Å². The zero-order valence-corrected chi connectivity index (χ0v) is 15.3. The highest BCUT2D eigenvalue weighted by Gasteiger charge is 2.26. The standard InChI is InChI=1S/C20H30N4O/c1-22-12-9-16-7-8-17(15-19(16)22)21-20(25)24-11-4-10-23(13-14-24)18-5-2-3-6-18/h7-8,15,18H,2-6,9-14H2,1H3,(H,21,25). The van der Waals surface area contributed by atoms with Crippen molar-refractivity contribution in [1.82, 2.24) is 9.80 Å². The van der Waals surface area contributed by atoms with Gasteiger partial charge in [-0.1, -0.05) is 18.9 Å². The molecule has 0 spiro atoms. The number of hydrogen-bond acceptors (Lipinski definition) is 3. The fourth-order valence-electron chi connectivity index (χ4n) is 4.59. The smallest absolute Gasteiger partial charge is 0.321 e. The molecule has 0 bridgehead atoms. The van der Waals surface area contributed by atoms with E-state index in [1.807, 2.05) is 11.0 Å². The highest BCUT2D eigenvalue weighted by molar-refractivity contribution is 5.90. The molecule has 3 aliphatic rings. The largest absolute Gasteiger partial charge is 0.374 e. The van der Waals surface area contributed by atoms with Gasteiger partial charge in [-0.2, -0.15) is 0 Å². The molecule has 2 aliphatic heterocycles. The molecule has 0 radical (unpaired) electrons. The maximum atomic E-state index is 12.7. The molecule has 1 aliphatic carbocycles. The Morgan fingerprint density at radius 1 is 1.04 bits per heavy atom. The Bertz CT molecular complexity index is 626. The van der Waals surface area contributed by atoms with Crippen molar-refractivity contribution >= 4 is 17.4 Å². The van der Waals surface area contributed by atoms with E-state index in [2.05, 4.69) is 34.3 Å². The van der Waals surface area contributed by atoms with Crippen LogP contribution < -0.4 is 10.2 Å². The Morgan fingerprint density at radius 2 is 1.88 bits per heavy atom. The maximum Gasteiger partial charge on any atom is 0.321 e. The van der Waals surface area contributed by atoms with Crippen LogP contribution in [0.2, 0.25) is 0 Å². The number of benzene rings is 1. The molecule has 2 fully saturated rings. The van der Waals surface area contributed by atoms with Gasteiger partial charge in [-0.05, 0) is 43.4 Å². The molecule has 1 aromatic rings. The summed E-state index contributed by atoms with van der Waals surface area (Å²) >= 11 is 0. The van der Waals surface area contributed by atoms with Crippen molar-refractivity contribution in [2.24, 2.45) is 0 Å². The first-order valence-corrected chi connectivity index (χ1v) is 9.85. The molecule has 25 heavy (non-hydrogen) atoms. The van der Waals surface area contributed by atoms with Crippen molar-refractivity contribution in [2.75, 3.05) is 50.0 Å². The van der Waals surface area contributed by atoms with Crippen molar-refractivity contribution in [3.8, 4) is 0 Å². The lowest BCUT2D eigenvalue weighted by Crippen LogP contribution is -2.40. The quantitative estimate of drug-likeness (QED) is 0.897. The molecule has 4 rings (SSSR count). The Kier molecular flexibility index (Phi) is 4.84. The van der Waals surface area contributed by atoms with Gasteiger partial charge in [0.2, 0.25) is 0 Å². The summed E-state index contributed by atoms with van der Waals surface area (Å²) in [7, 11) is 2.11. The minimum Gasteiger partial charge on any atom is -0.374 e. The van der Waals surface area contributed by atoms with Gasteiger partial charge in [-0.3, -0.25) is 4.90 Å². The summed E-state index contributed by atoms with van der Waals surface area (Å²) in [5, 5.41) is 3.12. The molecule has 1 aromatic carbocycles. The van der Waals surface area contributed by atoms with Gasteiger partial charge in [0.15, 0.2) is 0 Å². The van der Waals surface area contributed by atoms with Crippen molar-refractivity contribution in [2.45, 2.75) is 44.6 Å². The van der Waals surface area contributed by atoms with Crippen LogP contribution in [0.25, 0.3) is 0 Å². The minimum atomic E-state index is 0.0499. The number of nitrogens with one attached hydrogen (secondary N) is 1. The third-order valence-corrected chi connectivity index (χ3v) is 6.12. The summed E-state index contributed by atoms with van der Waals surface area (Å²) in [6.07, 6.45) is 7.61. The molecular formula is C20H30N4O. The van der Waals surface area contributed by atoms with E-state index in [0.717, 1.165) is 57.3 Å². The molecular weight excluding hydrogens is 312 g/mol. The third kappa shape index (κ3) is 3.61. The second kappa shape index (κ2) is 7.24. The molecule has 0 atom stereocenters. The average molecular weight is 342 g/mol. The normalized spacial score (nSPS) is 22.1. The number of amides is 2. The number of nitrogens with zero attached hydrogens (tertiary/aromatic N) is 3. The van der Waals surface area contributed by atoms with Crippen molar-refractivity contribution in [1.29, 1.82) is 0 Å². The zero-order valence-electron chi connectivity index (χ0n) is 15.3. The van der Waals surface area contributed by atoms with Gasteiger partial charge in [0.05, 0.1) is 0 Å². The van der Waals surface area contributed by atoms with Crippen molar-refractivity contribution < 1.29 is 4.79 Å². The summed E-state index contributed by atoms with van der Waals surface area (Å²) in [6.45, 7) is 4.92. The second-order valence-corrected chi connectivity index (χ2v) is 7.76. The molecule has 5 nitrogen and oxygen atoms in total. The van der Waals surface area contributed by atoms with Gasteiger partial charge in [-0.25, -0.2) is 4.79 Å². The number of likely N-dealkylation sites (N-methyl/N-ethyl adjacent to an activating group) is 1. The summed E-state index contributed by atoms with van der Waals surface area (Å²) < 4.78 is 0.